The van der Waals surface area contributed by atoms with E-state index in [9.17, 15) is 13.6 Å². The molecule has 1 amide bonds. The van der Waals surface area contributed by atoms with Crippen LogP contribution < -0.4 is 14.5 Å². The number of aryl methyl sites for hydroxylation is 2. The fourth-order valence-electron chi connectivity index (χ4n) is 2.51. The monoisotopic (exact) mass is 392 g/mol. The molecule has 2 aromatic carbocycles. The molecule has 0 aliphatic heterocycles. The van der Waals surface area contributed by atoms with Crippen LogP contribution in [-0.4, -0.2) is 32.1 Å². The lowest BCUT2D eigenvalue weighted by Crippen LogP contribution is -2.16. The normalized spacial score (nSPS) is 11.0. The summed E-state index contributed by atoms with van der Waals surface area (Å²) in [5, 5.41) is 9.88. The third-order valence-corrected chi connectivity index (χ3v) is 3.84. The van der Waals surface area contributed by atoms with Crippen molar-refractivity contribution in [1.82, 2.24) is 5.01 Å². The molecule has 0 atom stereocenters. The van der Waals surface area contributed by atoms with Crippen LogP contribution in [0.5, 0.6) is 11.5 Å². The Morgan fingerprint density at radius 2 is 1.86 bits per heavy atom. The molecule has 2 rings (SSSR count). The van der Waals surface area contributed by atoms with Gasteiger partial charge in [0.15, 0.2) is 0 Å². The Hall–Kier alpha value is -3.23. The maximum Gasteiger partial charge on any atom is 0.387 e. The third-order valence-electron chi connectivity index (χ3n) is 3.84. The molecule has 0 bridgehead atoms. The first-order chi connectivity index (χ1) is 13.3. The van der Waals surface area contributed by atoms with Gasteiger partial charge in [0.25, 0.3) is 0 Å². The second-order valence-electron chi connectivity index (χ2n) is 6.07. The Bertz CT molecular complexity index is 846. The number of nitrogens with zero attached hydrogens (tertiary/aromatic N) is 4. The molecular formula is C19H22F2N4O3. The number of carbonyl (C=O) groups is 1. The first-order valence-electron chi connectivity index (χ1n) is 8.42. The van der Waals surface area contributed by atoms with Gasteiger partial charge in [-0.3, -0.25) is 4.79 Å². The third kappa shape index (κ3) is 5.63. The van der Waals surface area contributed by atoms with Gasteiger partial charge in [0.05, 0.1) is 11.3 Å². The zero-order chi connectivity index (χ0) is 20.7. The number of rotatable bonds is 9. The molecule has 0 aromatic heterocycles. The highest BCUT2D eigenvalue weighted by molar-refractivity contribution is 5.58. The van der Waals surface area contributed by atoms with Crippen LogP contribution in [0.1, 0.15) is 16.7 Å². The standard InChI is InChI=1S/C19H22F2N4O3/c1-13-8-9-17(14(2)10-13)27-11-15-16(25(4)23-22-24(3)12-26)6-5-7-18(15)28-19(20)21/h5-10,12,19H,11H2,1-4H3. The van der Waals surface area contributed by atoms with E-state index in [-0.39, 0.29) is 12.4 Å². The van der Waals surface area contributed by atoms with Gasteiger partial charge in [-0.1, -0.05) is 23.8 Å². The van der Waals surface area contributed by atoms with E-state index in [1.807, 2.05) is 32.0 Å². The molecule has 0 spiro atoms. The van der Waals surface area contributed by atoms with Crippen molar-refractivity contribution in [2.24, 2.45) is 10.4 Å². The van der Waals surface area contributed by atoms with Crippen LogP contribution in [0.25, 0.3) is 0 Å². The van der Waals surface area contributed by atoms with Crippen molar-refractivity contribution in [3.63, 3.8) is 0 Å². The van der Waals surface area contributed by atoms with Gasteiger partial charge in [-0.25, -0.2) is 10.0 Å². The molecule has 0 N–H and O–H groups in total. The van der Waals surface area contributed by atoms with E-state index in [1.54, 1.807) is 19.2 Å². The molecule has 0 saturated heterocycles. The van der Waals surface area contributed by atoms with Crippen molar-refractivity contribution in [2.75, 3.05) is 19.1 Å². The number of halogens is 2. The van der Waals surface area contributed by atoms with Crippen LogP contribution in [0.2, 0.25) is 0 Å². The molecule has 0 saturated carbocycles. The number of hydrogen-bond donors (Lipinski definition) is 0. The Labute approximate surface area is 162 Å². The van der Waals surface area contributed by atoms with Crippen molar-refractivity contribution in [3.8, 4) is 11.5 Å². The molecular weight excluding hydrogens is 370 g/mol. The summed E-state index contributed by atoms with van der Waals surface area (Å²) in [6.45, 7) is 0.867. The lowest BCUT2D eigenvalue weighted by Gasteiger charge is -2.20. The SMILES string of the molecule is Cc1ccc(OCc2c(OC(F)F)cccc2N(C)N=NN(C)C=O)c(C)c1. The topological polar surface area (TPSA) is 66.7 Å². The Kier molecular flexibility index (Phi) is 7.25. The number of carbonyl (C=O) groups excluding carboxylic acids is 1. The van der Waals surface area contributed by atoms with Gasteiger partial charge in [-0.05, 0) is 48.1 Å². The zero-order valence-electron chi connectivity index (χ0n) is 16.1. The summed E-state index contributed by atoms with van der Waals surface area (Å²) in [6, 6.07) is 10.3. The number of amides is 1. The van der Waals surface area contributed by atoms with E-state index in [0.29, 0.717) is 23.4 Å². The average molecular weight is 392 g/mol. The van der Waals surface area contributed by atoms with Gasteiger partial charge in [0.1, 0.15) is 18.1 Å². The summed E-state index contributed by atoms with van der Waals surface area (Å²) in [6.07, 6.45) is 0.484. The predicted octanol–water partition coefficient (Wildman–Crippen LogP) is 4.29. The van der Waals surface area contributed by atoms with Crippen LogP contribution >= 0.6 is 0 Å². The van der Waals surface area contributed by atoms with Crippen molar-refractivity contribution in [3.05, 3.63) is 53.1 Å². The van der Waals surface area contributed by atoms with Crippen LogP contribution in [0.4, 0.5) is 14.5 Å². The van der Waals surface area contributed by atoms with E-state index in [4.69, 9.17) is 4.74 Å². The van der Waals surface area contributed by atoms with E-state index < -0.39 is 6.61 Å². The molecule has 0 heterocycles. The maximum absolute atomic E-state index is 12.8. The summed E-state index contributed by atoms with van der Waals surface area (Å²) in [7, 11) is 3.00. The minimum absolute atomic E-state index is 0.0223. The lowest BCUT2D eigenvalue weighted by molar-refractivity contribution is -0.117. The number of alkyl halides is 2. The summed E-state index contributed by atoms with van der Waals surface area (Å²) in [5.74, 6) is 0.608. The number of ether oxygens (including phenoxy) is 2. The highest BCUT2D eigenvalue weighted by Crippen LogP contribution is 2.32. The van der Waals surface area contributed by atoms with Crippen LogP contribution in [-0.2, 0) is 11.4 Å². The molecule has 0 radical (unpaired) electrons. The van der Waals surface area contributed by atoms with Gasteiger partial charge in [-0.2, -0.15) is 8.78 Å². The predicted molar refractivity (Wildman–Crippen MR) is 100 cm³/mol. The Balaban J connectivity index is 2.34. The van der Waals surface area contributed by atoms with E-state index >= 15 is 0 Å². The summed E-state index contributed by atoms with van der Waals surface area (Å²) in [5.41, 5.74) is 2.84. The van der Waals surface area contributed by atoms with Crippen molar-refractivity contribution in [1.29, 1.82) is 0 Å². The Morgan fingerprint density at radius 3 is 2.50 bits per heavy atom. The second kappa shape index (κ2) is 9.63. The van der Waals surface area contributed by atoms with E-state index in [1.165, 1.54) is 18.1 Å². The fraction of sp³-hybridized carbons (Fsp3) is 0.316. The second-order valence-corrected chi connectivity index (χ2v) is 6.07. The van der Waals surface area contributed by atoms with Gasteiger partial charge in [0.2, 0.25) is 6.41 Å². The maximum atomic E-state index is 12.8. The molecule has 2 aromatic rings. The van der Waals surface area contributed by atoms with Gasteiger partial charge in [0, 0.05) is 14.1 Å². The van der Waals surface area contributed by atoms with Crippen molar-refractivity contribution < 1.29 is 23.0 Å². The molecule has 9 heteroatoms. The number of benzene rings is 2. The molecule has 7 nitrogen and oxygen atoms in total. The molecule has 28 heavy (non-hydrogen) atoms. The van der Waals surface area contributed by atoms with Crippen LogP contribution in [0, 0.1) is 13.8 Å². The smallest absolute Gasteiger partial charge is 0.387 e. The molecule has 0 fully saturated rings. The fourth-order valence-corrected chi connectivity index (χ4v) is 2.51. The minimum Gasteiger partial charge on any atom is -0.488 e. The molecule has 0 aliphatic carbocycles. The van der Waals surface area contributed by atoms with E-state index in [0.717, 1.165) is 16.1 Å². The van der Waals surface area contributed by atoms with Crippen LogP contribution in [0.15, 0.2) is 46.8 Å². The average Bonchev–Trinajstić information content (AvgIpc) is 2.65. The number of anilines is 1. The van der Waals surface area contributed by atoms with Crippen molar-refractivity contribution in [2.45, 2.75) is 27.1 Å². The largest absolute Gasteiger partial charge is 0.488 e. The molecule has 0 unspecified atom stereocenters. The minimum atomic E-state index is -2.98. The summed E-state index contributed by atoms with van der Waals surface area (Å²) < 4.78 is 36.2. The van der Waals surface area contributed by atoms with Gasteiger partial charge >= 0.3 is 6.61 Å². The van der Waals surface area contributed by atoms with Crippen LogP contribution in [0.3, 0.4) is 0 Å². The summed E-state index contributed by atoms with van der Waals surface area (Å²) >= 11 is 0. The molecule has 0 aliphatic rings. The molecule has 150 valence electrons. The first-order valence-corrected chi connectivity index (χ1v) is 8.42. The van der Waals surface area contributed by atoms with Gasteiger partial charge in [-0.15, -0.1) is 0 Å². The van der Waals surface area contributed by atoms with Gasteiger partial charge < -0.3 is 9.47 Å². The first kappa shape index (κ1) is 21.1. The van der Waals surface area contributed by atoms with Crippen molar-refractivity contribution >= 4 is 12.1 Å². The highest BCUT2D eigenvalue weighted by Gasteiger charge is 2.17. The lowest BCUT2D eigenvalue weighted by atomic mass is 10.1. The zero-order valence-corrected chi connectivity index (χ0v) is 16.1. The summed E-state index contributed by atoms with van der Waals surface area (Å²) in [4.78, 5) is 10.6. The Morgan fingerprint density at radius 1 is 1.11 bits per heavy atom. The van der Waals surface area contributed by atoms with E-state index in [2.05, 4.69) is 15.2 Å². The highest BCUT2D eigenvalue weighted by atomic mass is 19.3. The quantitative estimate of drug-likeness (QED) is 0.363. The number of hydrogen-bond acceptors (Lipinski definition) is 5.